The molecule has 3 nitrogen and oxygen atoms in total. The Balaban J connectivity index is 2.79. The molecule has 1 aromatic rings. The Morgan fingerprint density at radius 2 is 2.25 bits per heavy atom. The van der Waals surface area contributed by atoms with Crippen LogP contribution in [0.5, 0.6) is 0 Å². The number of amides is 1. The van der Waals surface area contributed by atoms with Crippen LogP contribution in [0.25, 0.3) is 0 Å². The van der Waals surface area contributed by atoms with E-state index in [-0.39, 0.29) is 11.4 Å². The summed E-state index contributed by atoms with van der Waals surface area (Å²) in [6, 6.07) is 3.29. The van der Waals surface area contributed by atoms with Crippen molar-refractivity contribution in [2.45, 2.75) is 38.8 Å². The lowest BCUT2D eigenvalue weighted by atomic mass is 9.99. The van der Waals surface area contributed by atoms with Gasteiger partial charge in [-0.25, -0.2) is 0 Å². The van der Waals surface area contributed by atoms with Gasteiger partial charge in [0.25, 0.3) is 0 Å². The number of hydrogen-bond acceptors (Lipinski definition) is 3. The smallest absolute Gasteiger partial charge is 0.245 e. The van der Waals surface area contributed by atoms with E-state index >= 15 is 0 Å². The SMILES string of the molecule is CCC(C)(C)N(C)C(=O)C(N)c1cccs1. The Morgan fingerprint density at radius 1 is 1.62 bits per heavy atom. The highest BCUT2D eigenvalue weighted by molar-refractivity contribution is 7.10. The van der Waals surface area contributed by atoms with Gasteiger partial charge >= 0.3 is 0 Å². The molecule has 0 radical (unpaired) electrons. The molecule has 1 heterocycles. The van der Waals surface area contributed by atoms with Gasteiger partial charge in [0.05, 0.1) is 0 Å². The largest absolute Gasteiger partial charge is 0.339 e. The summed E-state index contributed by atoms with van der Waals surface area (Å²) in [4.78, 5) is 14.8. The Labute approximate surface area is 101 Å². The zero-order valence-corrected chi connectivity index (χ0v) is 11.2. The molecule has 1 amide bonds. The maximum absolute atomic E-state index is 12.2. The molecule has 4 heteroatoms. The number of carbonyl (C=O) groups is 1. The van der Waals surface area contributed by atoms with Gasteiger partial charge < -0.3 is 10.6 Å². The predicted molar refractivity (Wildman–Crippen MR) is 68.4 cm³/mol. The lowest BCUT2D eigenvalue weighted by Gasteiger charge is -2.36. The number of rotatable bonds is 4. The molecule has 1 rings (SSSR count). The van der Waals surface area contributed by atoms with Crippen LogP contribution in [0.2, 0.25) is 0 Å². The van der Waals surface area contributed by atoms with Crippen LogP contribution in [0.4, 0.5) is 0 Å². The van der Waals surface area contributed by atoms with Gasteiger partial charge in [0, 0.05) is 17.5 Å². The second kappa shape index (κ2) is 4.97. The van der Waals surface area contributed by atoms with Crippen molar-refractivity contribution >= 4 is 17.2 Å². The first-order valence-electron chi connectivity index (χ1n) is 5.47. The molecule has 90 valence electrons. The fraction of sp³-hybridized carbons (Fsp3) is 0.583. The number of hydrogen-bond donors (Lipinski definition) is 1. The van der Waals surface area contributed by atoms with Crippen molar-refractivity contribution in [1.82, 2.24) is 4.90 Å². The zero-order valence-electron chi connectivity index (χ0n) is 10.4. The Morgan fingerprint density at radius 3 is 2.69 bits per heavy atom. The molecular formula is C12H20N2OS. The maximum atomic E-state index is 12.2. The monoisotopic (exact) mass is 240 g/mol. The van der Waals surface area contributed by atoms with E-state index in [9.17, 15) is 4.79 Å². The van der Waals surface area contributed by atoms with Crippen molar-refractivity contribution in [2.75, 3.05) is 7.05 Å². The van der Waals surface area contributed by atoms with Crippen LogP contribution in [-0.4, -0.2) is 23.4 Å². The van der Waals surface area contributed by atoms with Crippen LogP contribution in [-0.2, 0) is 4.79 Å². The van der Waals surface area contributed by atoms with Crippen LogP contribution < -0.4 is 5.73 Å². The molecule has 0 saturated carbocycles. The first kappa shape index (κ1) is 13.2. The summed E-state index contributed by atoms with van der Waals surface area (Å²) >= 11 is 1.52. The van der Waals surface area contributed by atoms with E-state index in [1.807, 2.05) is 38.4 Å². The van der Waals surface area contributed by atoms with Gasteiger partial charge in [-0.15, -0.1) is 11.3 Å². The Bertz CT molecular complexity index is 346. The van der Waals surface area contributed by atoms with E-state index in [0.717, 1.165) is 11.3 Å². The van der Waals surface area contributed by atoms with Crippen molar-refractivity contribution in [3.8, 4) is 0 Å². The van der Waals surface area contributed by atoms with Crippen molar-refractivity contribution in [3.05, 3.63) is 22.4 Å². The lowest BCUT2D eigenvalue weighted by molar-refractivity contribution is -0.136. The van der Waals surface area contributed by atoms with E-state index in [1.54, 1.807) is 4.90 Å². The van der Waals surface area contributed by atoms with Gasteiger partial charge in [-0.2, -0.15) is 0 Å². The van der Waals surface area contributed by atoms with E-state index < -0.39 is 6.04 Å². The van der Waals surface area contributed by atoms with Gasteiger partial charge in [0.2, 0.25) is 5.91 Å². The first-order chi connectivity index (χ1) is 7.40. The minimum Gasteiger partial charge on any atom is -0.339 e. The summed E-state index contributed by atoms with van der Waals surface area (Å²) in [5.74, 6) is -0.0192. The average molecular weight is 240 g/mol. The number of carbonyl (C=O) groups excluding carboxylic acids is 1. The molecule has 1 aromatic heterocycles. The number of nitrogens with zero attached hydrogens (tertiary/aromatic N) is 1. The molecule has 0 aliphatic heterocycles. The third-order valence-electron chi connectivity index (χ3n) is 3.22. The molecule has 16 heavy (non-hydrogen) atoms. The molecule has 2 N–H and O–H groups in total. The molecular weight excluding hydrogens is 220 g/mol. The third-order valence-corrected chi connectivity index (χ3v) is 4.17. The standard InChI is InChI=1S/C12H20N2OS/c1-5-12(2,3)14(4)11(15)10(13)9-7-6-8-16-9/h6-8,10H,5,13H2,1-4H3. The number of likely N-dealkylation sites (N-methyl/N-ethyl adjacent to an activating group) is 1. The minimum absolute atomic E-state index is 0.0192. The molecule has 0 aliphatic rings. The minimum atomic E-state index is -0.532. The summed E-state index contributed by atoms with van der Waals surface area (Å²) in [7, 11) is 1.82. The lowest BCUT2D eigenvalue weighted by Crippen LogP contribution is -2.48. The van der Waals surface area contributed by atoms with Crippen LogP contribution in [0.15, 0.2) is 17.5 Å². The van der Waals surface area contributed by atoms with Gasteiger partial charge in [-0.05, 0) is 31.7 Å². The van der Waals surface area contributed by atoms with Crippen molar-refractivity contribution in [3.63, 3.8) is 0 Å². The van der Waals surface area contributed by atoms with Gasteiger partial charge in [0.1, 0.15) is 6.04 Å². The molecule has 0 aromatic carbocycles. The summed E-state index contributed by atoms with van der Waals surface area (Å²) in [6.45, 7) is 6.17. The quantitative estimate of drug-likeness (QED) is 0.878. The number of thiophene rings is 1. The molecule has 0 spiro atoms. The molecule has 0 bridgehead atoms. The highest BCUT2D eigenvalue weighted by atomic mass is 32.1. The molecule has 0 saturated heterocycles. The van der Waals surface area contributed by atoms with Crippen molar-refractivity contribution in [1.29, 1.82) is 0 Å². The van der Waals surface area contributed by atoms with Gasteiger partial charge in [-0.3, -0.25) is 4.79 Å². The first-order valence-corrected chi connectivity index (χ1v) is 6.34. The van der Waals surface area contributed by atoms with E-state index in [1.165, 1.54) is 11.3 Å². The normalized spacial score (nSPS) is 13.6. The molecule has 1 atom stereocenters. The topological polar surface area (TPSA) is 46.3 Å². The fourth-order valence-corrected chi connectivity index (χ4v) is 2.05. The summed E-state index contributed by atoms with van der Waals surface area (Å²) in [5, 5.41) is 1.94. The van der Waals surface area contributed by atoms with Crippen LogP contribution >= 0.6 is 11.3 Å². The summed E-state index contributed by atoms with van der Waals surface area (Å²) in [5.41, 5.74) is 5.81. The predicted octanol–water partition coefficient (Wildman–Crippen LogP) is 2.39. The number of nitrogens with two attached hydrogens (primary N) is 1. The van der Waals surface area contributed by atoms with E-state index in [0.29, 0.717) is 0 Å². The van der Waals surface area contributed by atoms with Crippen LogP contribution in [0.1, 0.15) is 38.1 Å². The average Bonchev–Trinajstić information content (AvgIpc) is 2.79. The van der Waals surface area contributed by atoms with Crippen molar-refractivity contribution in [2.24, 2.45) is 5.73 Å². The van der Waals surface area contributed by atoms with Crippen LogP contribution in [0, 0.1) is 0 Å². The molecule has 1 unspecified atom stereocenters. The highest BCUT2D eigenvalue weighted by Crippen LogP contribution is 2.23. The molecule has 0 fully saturated rings. The second-order valence-corrected chi connectivity index (χ2v) is 5.54. The second-order valence-electron chi connectivity index (χ2n) is 4.56. The van der Waals surface area contributed by atoms with Crippen LogP contribution in [0.3, 0.4) is 0 Å². The maximum Gasteiger partial charge on any atom is 0.245 e. The summed E-state index contributed by atoms with van der Waals surface area (Å²) in [6.07, 6.45) is 0.909. The third kappa shape index (κ3) is 2.62. The fourth-order valence-electron chi connectivity index (χ4n) is 1.33. The van der Waals surface area contributed by atoms with E-state index in [4.69, 9.17) is 5.73 Å². The Hall–Kier alpha value is -0.870. The van der Waals surface area contributed by atoms with Gasteiger partial charge in [0.15, 0.2) is 0 Å². The Kier molecular flexibility index (Phi) is 4.10. The van der Waals surface area contributed by atoms with E-state index in [2.05, 4.69) is 6.92 Å². The van der Waals surface area contributed by atoms with Crippen molar-refractivity contribution < 1.29 is 4.79 Å². The highest BCUT2D eigenvalue weighted by Gasteiger charge is 2.29. The van der Waals surface area contributed by atoms with Gasteiger partial charge in [-0.1, -0.05) is 13.0 Å². The summed E-state index contributed by atoms with van der Waals surface area (Å²) < 4.78 is 0. The molecule has 0 aliphatic carbocycles. The zero-order chi connectivity index (χ0) is 12.3.